The molecule has 7 nitrogen and oxygen atoms in total. The Morgan fingerprint density at radius 3 is 2.48 bits per heavy atom. The lowest BCUT2D eigenvalue weighted by molar-refractivity contribution is -0.133. The number of aliphatic hydroxyl groups excluding tert-OH is 1. The number of rotatable bonds is 6. The number of aliphatic hydroxyl groups is 1. The molecule has 3 N–H and O–H groups in total. The van der Waals surface area contributed by atoms with Gasteiger partial charge in [0.25, 0.3) is 5.91 Å². The highest BCUT2D eigenvalue weighted by Crippen LogP contribution is 2.56. The molecule has 0 radical (unpaired) electrons. The highest BCUT2D eigenvalue weighted by atomic mass is 32.2. The number of nitrogens with one attached hydrogen (secondary N) is 2. The van der Waals surface area contributed by atoms with E-state index in [9.17, 15) is 19.5 Å². The molecule has 3 amide bonds. The van der Waals surface area contributed by atoms with E-state index in [0.717, 1.165) is 5.56 Å². The molecule has 4 unspecified atom stereocenters. The summed E-state index contributed by atoms with van der Waals surface area (Å²) in [5.41, 5.74) is 1.56. The minimum Gasteiger partial charge on any atom is -0.394 e. The van der Waals surface area contributed by atoms with Crippen LogP contribution in [0.1, 0.15) is 55.9 Å². The third-order valence-electron chi connectivity index (χ3n) is 5.45. The SMILES string of the molecule is CC(CO)NC(=O)C(NC(=O)C1N2C(=O)c3ccccc3C2SC1(C)C)C(C)C. The van der Waals surface area contributed by atoms with Crippen molar-refractivity contribution in [2.24, 2.45) is 5.92 Å². The van der Waals surface area contributed by atoms with E-state index < -0.39 is 22.9 Å². The average Bonchev–Trinajstić information content (AvgIpc) is 3.09. The van der Waals surface area contributed by atoms with Crippen LogP contribution in [0.3, 0.4) is 0 Å². The fourth-order valence-electron chi connectivity index (χ4n) is 3.95. The van der Waals surface area contributed by atoms with Gasteiger partial charge in [0, 0.05) is 16.4 Å². The maximum atomic E-state index is 13.3. The number of fused-ring (bicyclic) bond motifs is 3. The van der Waals surface area contributed by atoms with Crippen LogP contribution in [0.4, 0.5) is 0 Å². The van der Waals surface area contributed by atoms with Gasteiger partial charge in [0.2, 0.25) is 11.8 Å². The zero-order chi connectivity index (χ0) is 21.5. The van der Waals surface area contributed by atoms with Crippen LogP contribution in [0.2, 0.25) is 0 Å². The van der Waals surface area contributed by atoms with Crippen molar-refractivity contribution >= 4 is 29.5 Å². The van der Waals surface area contributed by atoms with E-state index in [4.69, 9.17) is 0 Å². The number of amides is 3. The Hall–Kier alpha value is -2.06. The summed E-state index contributed by atoms with van der Waals surface area (Å²) in [6, 6.07) is 5.60. The normalized spacial score (nSPS) is 24.1. The summed E-state index contributed by atoms with van der Waals surface area (Å²) in [4.78, 5) is 40.6. The first-order valence-electron chi connectivity index (χ1n) is 9.89. The Morgan fingerprint density at radius 2 is 1.86 bits per heavy atom. The van der Waals surface area contributed by atoms with Gasteiger partial charge in [-0.25, -0.2) is 0 Å². The fourth-order valence-corrected chi connectivity index (χ4v) is 5.54. The van der Waals surface area contributed by atoms with Crippen LogP contribution < -0.4 is 10.6 Å². The van der Waals surface area contributed by atoms with Crippen molar-refractivity contribution in [2.75, 3.05) is 6.61 Å². The van der Waals surface area contributed by atoms with Gasteiger partial charge in [-0.1, -0.05) is 32.0 Å². The van der Waals surface area contributed by atoms with Gasteiger partial charge in [0.05, 0.1) is 6.61 Å². The van der Waals surface area contributed by atoms with Gasteiger partial charge in [-0.15, -0.1) is 11.8 Å². The molecule has 0 saturated carbocycles. The second-order valence-corrected chi connectivity index (χ2v) is 10.3. The van der Waals surface area contributed by atoms with Crippen LogP contribution in [0.5, 0.6) is 0 Å². The Balaban J connectivity index is 1.84. The third-order valence-corrected chi connectivity index (χ3v) is 6.99. The van der Waals surface area contributed by atoms with Gasteiger partial charge in [-0.2, -0.15) is 0 Å². The van der Waals surface area contributed by atoms with Crippen LogP contribution in [0.15, 0.2) is 24.3 Å². The van der Waals surface area contributed by atoms with Crippen LogP contribution in [0, 0.1) is 5.92 Å². The first kappa shape index (κ1) is 21.6. The third kappa shape index (κ3) is 3.88. The molecule has 4 atom stereocenters. The van der Waals surface area contributed by atoms with Gasteiger partial charge in [0.1, 0.15) is 17.5 Å². The molecule has 1 saturated heterocycles. The van der Waals surface area contributed by atoms with Gasteiger partial charge in [-0.3, -0.25) is 14.4 Å². The molecule has 0 aromatic heterocycles. The summed E-state index contributed by atoms with van der Waals surface area (Å²) in [5, 5.41) is 14.6. The maximum absolute atomic E-state index is 13.3. The molecule has 158 valence electrons. The monoisotopic (exact) mass is 419 g/mol. The van der Waals surface area contributed by atoms with Gasteiger partial charge in [-0.05, 0) is 38.3 Å². The number of hydrogen-bond acceptors (Lipinski definition) is 5. The Kier molecular flexibility index (Phi) is 5.96. The highest BCUT2D eigenvalue weighted by Gasteiger charge is 2.57. The van der Waals surface area contributed by atoms with Crippen LogP contribution >= 0.6 is 11.8 Å². The first-order chi connectivity index (χ1) is 13.6. The zero-order valence-corrected chi connectivity index (χ0v) is 18.2. The molecule has 1 aromatic rings. The van der Waals surface area contributed by atoms with E-state index in [1.54, 1.807) is 29.7 Å². The molecular weight excluding hydrogens is 390 g/mol. The van der Waals surface area contributed by atoms with Crippen molar-refractivity contribution in [1.82, 2.24) is 15.5 Å². The number of nitrogens with zero attached hydrogens (tertiary/aromatic N) is 1. The standard InChI is InChI=1S/C21H29N3O4S/c1-11(2)15(17(26)22-12(3)10-25)23-18(27)16-21(4,5)29-20-14-9-7-6-8-13(14)19(28)24(16)20/h6-9,11-12,15-16,20,25H,10H2,1-5H3,(H,22,26)(H,23,27). The summed E-state index contributed by atoms with van der Waals surface area (Å²) < 4.78 is -0.506. The number of carbonyl (C=O) groups is 3. The number of benzene rings is 1. The predicted octanol–water partition coefficient (Wildman–Crippen LogP) is 1.67. The Morgan fingerprint density at radius 1 is 1.21 bits per heavy atom. The van der Waals surface area contributed by atoms with Crippen molar-refractivity contribution in [3.63, 3.8) is 0 Å². The van der Waals surface area contributed by atoms with E-state index in [-0.39, 0.29) is 35.6 Å². The summed E-state index contributed by atoms with van der Waals surface area (Å²) in [5.74, 6) is -0.977. The first-order valence-corrected chi connectivity index (χ1v) is 10.8. The molecule has 2 aliphatic heterocycles. The van der Waals surface area contributed by atoms with Crippen molar-refractivity contribution in [2.45, 2.75) is 62.9 Å². The summed E-state index contributed by atoms with van der Waals surface area (Å²) in [7, 11) is 0. The van der Waals surface area contributed by atoms with Crippen molar-refractivity contribution in [3.05, 3.63) is 35.4 Å². The molecule has 0 bridgehead atoms. The lowest BCUT2D eigenvalue weighted by Crippen LogP contribution is -2.59. The van der Waals surface area contributed by atoms with E-state index in [1.165, 1.54) is 0 Å². The molecule has 29 heavy (non-hydrogen) atoms. The Bertz CT molecular complexity index is 826. The lowest BCUT2D eigenvalue weighted by Gasteiger charge is -2.32. The lowest BCUT2D eigenvalue weighted by atomic mass is 9.98. The van der Waals surface area contributed by atoms with Crippen LogP contribution in [-0.2, 0) is 9.59 Å². The molecule has 2 heterocycles. The molecule has 0 aliphatic carbocycles. The van der Waals surface area contributed by atoms with E-state index in [0.29, 0.717) is 5.56 Å². The van der Waals surface area contributed by atoms with Crippen LogP contribution in [-0.4, -0.2) is 57.2 Å². The largest absolute Gasteiger partial charge is 0.394 e. The summed E-state index contributed by atoms with van der Waals surface area (Å²) >= 11 is 1.59. The number of hydrogen-bond donors (Lipinski definition) is 3. The second-order valence-electron chi connectivity index (χ2n) is 8.60. The molecule has 0 spiro atoms. The summed E-state index contributed by atoms with van der Waals surface area (Å²) in [6.07, 6.45) is 0. The fraction of sp³-hybridized carbons (Fsp3) is 0.571. The molecule has 2 aliphatic rings. The van der Waals surface area contributed by atoms with Crippen LogP contribution in [0.25, 0.3) is 0 Å². The minimum absolute atomic E-state index is 0.149. The molecule has 8 heteroatoms. The second kappa shape index (κ2) is 7.99. The quantitative estimate of drug-likeness (QED) is 0.652. The molecule has 3 rings (SSSR count). The summed E-state index contributed by atoms with van der Waals surface area (Å²) in [6.45, 7) is 9.12. The van der Waals surface area contributed by atoms with Crippen molar-refractivity contribution < 1.29 is 19.5 Å². The smallest absolute Gasteiger partial charge is 0.256 e. The maximum Gasteiger partial charge on any atom is 0.256 e. The zero-order valence-electron chi connectivity index (χ0n) is 17.4. The molecule has 1 aromatic carbocycles. The van der Waals surface area contributed by atoms with E-state index >= 15 is 0 Å². The molecule has 1 fully saturated rings. The van der Waals surface area contributed by atoms with Gasteiger partial charge in [0.15, 0.2) is 0 Å². The number of thioether (sulfide) groups is 1. The number of carbonyl (C=O) groups excluding carboxylic acids is 3. The van der Waals surface area contributed by atoms with E-state index in [1.807, 2.05) is 45.9 Å². The minimum atomic E-state index is -0.753. The van der Waals surface area contributed by atoms with Crippen molar-refractivity contribution in [1.29, 1.82) is 0 Å². The Labute approximate surface area is 175 Å². The van der Waals surface area contributed by atoms with Crippen molar-refractivity contribution in [3.8, 4) is 0 Å². The topological polar surface area (TPSA) is 98.7 Å². The predicted molar refractivity (Wildman–Crippen MR) is 112 cm³/mol. The van der Waals surface area contributed by atoms with Gasteiger partial charge >= 0.3 is 0 Å². The van der Waals surface area contributed by atoms with Gasteiger partial charge < -0.3 is 20.6 Å². The highest BCUT2D eigenvalue weighted by molar-refractivity contribution is 8.01. The molecular formula is C21H29N3O4S. The average molecular weight is 420 g/mol. The van der Waals surface area contributed by atoms with E-state index in [2.05, 4.69) is 10.6 Å².